The lowest BCUT2D eigenvalue weighted by atomic mass is 10.2. The number of hydrogen-bond donors (Lipinski definition) is 0. The van der Waals surface area contributed by atoms with Crippen molar-refractivity contribution in [1.82, 2.24) is 9.21 Å². The Kier molecular flexibility index (Phi) is 5.23. The van der Waals surface area contributed by atoms with E-state index < -0.39 is 16.1 Å². The number of nitrogens with zero attached hydrogens (tertiary/aromatic N) is 2. The normalized spacial score (nSPS) is 19.8. The molecule has 1 atom stereocenters. The van der Waals surface area contributed by atoms with Gasteiger partial charge in [0.2, 0.25) is 16.1 Å². The summed E-state index contributed by atoms with van der Waals surface area (Å²) in [5, 5.41) is 0. The monoisotopic (exact) mass is 416 g/mol. The van der Waals surface area contributed by atoms with Crippen molar-refractivity contribution in [3.05, 3.63) is 53.6 Å². The zero-order valence-electron chi connectivity index (χ0n) is 16.5. The minimum absolute atomic E-state index is 0.150. The van der Waals surface area contributed by atoms with Crippen LogP contribution in [0.3, 0.4) is 0 Å². The number of sulfonamides is 1. The molecule has 0 aliphatic carbocycles. The van der Waals surface area contributed by atoms with Gasteiger partial charge < -0.3 is 14.4 Å². The summed E-state index contributed by atoms with van der Waals surface area (Å²) in [4.78, 5) is 14.8. The first-order chi connectivity index (χ1) is 13.9. The number of fused-ring (bicyclic) bond motifs is 1. The highest BCUT2D eigenvalue weighted by Gasteiger charge is 2.35. The summed E-state index contributed by atoms with van der Waals surface area (Å²) in [6.45, 7) is 5.05. The molecule has 1 saturated heterocycles. The Hall–Kier alpha value is -2.58. The summed E-state index contributed by atoms with van der Waals surface area (Å²) < 4.78 is 38.9. The standard InChI is InChI=1S/C21H24N2O5S/c1-15-7-8-20(16(2)13-15)29(25,26)23-11-9-22(10-12-23)21(24)19-14-27-17-5-3-4-6-18(17)28-19/h3-8,13,19H,9-12,14H2,1-2H3/t19-/m0/s1. The van der Waals surface area contributed by atoms with Gasteiger partial charge in [0.1, 0.15) is 6.61 Å². The Labute approximate surface area is 170 Å². The van der Waals surface area contributed by atoms with Crippen LogP contribution in [-0.4, -0.2) is 62.4 Å². The van der Waals surface area contributed by atoms with Crippen LogP contribution in [0.4, 0.5) is 0 Å². The number of rotatable bonds is 3. The number of para-hydroxylation sites is 2. The Bertz CT molecular complexity index is 1030. The van der Waals surface area contributed by atoms with Gasteiger partial charge in [0, 0.05) is 26.2 Å². The number of ether oxygens (including phenoxy) is 2. The van der Waals surface area contributed by atoms with Crippen LogP contribution in [0.1, 0.15) is 11.1 Å². The van der Waals surface area contributed by atoms with E-state index in [-0.39, 0.29) is 25.6 Å². The second-order valence-electron chi connectivity index (χ2n) is 7.36. The van der Waals surface area contributed by atoms with Gasteiger partial charge in [-0.15, -0.1) is 0 Å². The van der Waals surface area contributed by atoms with Gasteiger partial charge >= 0.3 is 0 Å². The van der Waals surface area contributed by atoms with Gasteiger partial charge in [-0.25, -0.2) is 8.42 Å². The third kappa shape index (κ3) is 3.82. The molecule has 0 saturated carbocycles. The Morgan fingerprint density at radius 3 is 2.38 bits per heavy atom. The highest BCUT2D eigenvalue weighted by atomic mass is 32.2. The zero-order valence-corrected chi connectivity index (χ0v) is 17.3. The van der Waals surface area contributed by atoms with Crippen LogP contribution < -0.4 is 9.47 Å². The Balaban J connectivity index is 1.41. The topological polar surface area (TPSA) is 76.2 Å². The van der Waals surface area contributed by atoms with Gasteiger partial charge in [0.15, 0.2) is 11.5 Å². The molecule has 0 aromatic heterocycles. The summed E-state index contributed by atoms with van der Waals surface area (Å²) in [6.07, 6.45) is -0.715. The van der Waals surface area contributed by atoms with Crippen LogP contribution in [0.15, 0.2) is 47.4 Å². The van der Waals surface area contributed by atoms with Crippen molar-refractivity contribution in [1.29, 1.82) is 0 Å². The van der Waals surface area contributed by atoms with Crippen LogP contribution in [0.25, 0.3) is 0 Å². The smallest absolute Gasteiger partial charge is 0.267 e. The van der Waals surface area contributed by atoms with Crippen molar-refractivity contribution < 1.29 is 22.7 Å². The molecule has 1 fully saturated rings. The molecule has 0 radical (unpaired) electrons. The van der Waals surface area contributed by atoms with Gasteiger partial charge in [-0.05, 0) is 37.6 Å². The van der Waals surface area contributed by atoms with Gasteiger partial charge in [-0.1, -0.05) is 29.8 Å². The Morgan fingerprint density at radius 1 is 1.00 bits per heavy atom. The van der Waals surface area contributed by atoms with Gasteiger partial charge in [-0.3, -0.25) is 4.79 Å². The molecule has 8 heteroatoms. The van der Waals surface area contributed by atoms with Gasteiger partial charge in [0.05, 0.1) is 4.90 Å². The largest absolute Gasteiger partial charge is 0.485 e. The SMILES string of the molecule is Cc1ccc(S(=O)(=O)N2CCN(C(=O)[C@@H]3COc4ccccc4O3)CC2)c(C)c1. The van der Waals surface area contributed by atoms with Crippen LogP contribution in [0.2, 0.25) is 0 Å². The number of hydrogen-bond acceptors (Lipinski definition) is 5. The lowest BCUT2D eigenvalue weighted by Crippen LogP contribution is -2.55. The number of aryl methyl sites for hydroxylation is 2. The first-order valence-electron chi connectivity index (χ1n) is 9.61. The zero-order chi connectivity index (χ0) is 20.6. The van der Waals surface area contributed by atoms with E-state index in [1.807, 2.05) is 25.1 Å². The van der Waals surface area contributed by atoms with Crippen LogP contribution >= 0.6 is 0 Å². The van der Waals surface area contributed by atoms with E-state index in [1.165, 1.54) is 4.31 Å². The minimum Gasteiger partial charge on any atom is -0.485 e. The van der Waals surface area contributed by atoms with Crippen molar-refractivity contribution in [2.75, 3.05) is 32.8 Å². The second kappa shape index (κ2) is 7.68. The predicted molar refractivity (Wildman–Crippen MR) is 108 cm³/mol. The summed E-state index contributed by atoms with van der Waals surface area (Å²) in [7, 11) is -3.58. The number of amides is 1. The third-order valence-electron chi connectivity index (χ3n) is 5.28. The maximum atomic E-state index is 13.0. The average Bonchev–Trinajstić information content (AvgIpc) is 2.72. The molecule has 4 rings (SSSR count). The molecule has 29 heavy (non-hydrogen) atoms. The lowest BCUT2D eigenvalue weighted by Gasteiger charge is -2.36. The van der Waals surface area contributed by atoms with E-state index in [0.29, 0.717) is 29.5 Å². The second-order valence-corrected chi connectivity index (χ2v) is 9.27. The first kappa shape index (κ1) is 19.7. The van der Waals surface area contributed by atoms with Crippen LogP contribution in [-0.2, 0) is 14.8 Å². The Morgan fingerprint density at radius 2 is 1.69 bits per heavy atom. The molecule has 154 valence electrons. The van der Waals surface area contributed by atoms with Crippen LogP contribution in [0, 0.1) is 13.8 Å². The van der Waals surface area contributed by atoms with Crippen molar-refractivity contribution in [2.45, 2.75) is 24.8 Å². The van der Waals surface area contributed by atoms with Crippen molar-refractivity contribution in [3.8, 4) is 11.5 Å². The third-order valence-corrected chi connectivity index (χ3v) is 7.34. The highest BCUT2D eigenvalue weighted by molar-refractivity contribution is 7.89. The molecule has 0 unspecified atom stereocenters. The molecule has 2 aliphatic rings. The van der Waals surface area contributed by atoms with Crippen molar-refractivity contribution in [3.63, 3.8) is 0 Å². The number of benzene rings is 2. The average molecular weight is 416 g/mol. The molecule has 2 aromatic carbocycles. The highest BCUT2D eigenvalue weighted by Crippen LogP contribution is 2.31. The summed E-state index contributed by atoms with van der Waals surface area (Å²) in [5.41, 5.74) is 1.75. The van der Waals surface area contributed by atoms with Crippen molar-refractivity contribution >= 4 is 15.9 Å². The van der Waals surface area contributed by atoms with Crippen LogP contribution in [0.5, 0.6) is 11.5 Å². The maximum Gasteiger partial charge on any atom is 0.267 e. The molecular formula is C21H24N2O5S. The van der Waals surface area contributed by atoms with E-state index >= 15 is 0 Å². The predicted octanol–water partition coefficient (Wildman–Crippen LogP) is 1.98. The molecule has 2 heterocycles. The molecule has 7 nitrogen and oxygen atoms in total. The molecular weight excluding hydrogens is 392 g/mol. The van der Waals surface area contributed by atoms with E-state index in [2.05, 4.69) is 0 Å². The summed E-state index contributed by atoms with van der Waals surface area (Å²) >= 11 is 0. The molecule has 0 spiro atoms. The number of piperazine rings is 1. The van der Waals surface area contributed by atoms with E-state index in [4.69, 9.17) is 9.47 Å². The van der Waals surface area contributed by atoms with Gasteiger partial charge in [-0.2, -0.15) is 4.31 Å². The summed E-state index contributed by atoms with van der Waals surface area (Å²) in [6, 6.07) is 12.6. The molecule has 0 bridgehead atoms. The number of carbonyl (C=O) groups is 1. The quantitative estimate of drug-likeness (QED) is 0.765. The number of carbonyl (C=O) groups excluding carboxylic acids is 1. The fourth-order valence-electron chi connectivity index (χ4n) is 3.72. The van der Waals surface area contributed by atoms with E-state index in [1.54, 1.807) is 36.1 Å². The fourth-order valence-corrected chi connectivity index (χ4v) is 5.35. The molecule has 2 aromatic rings. The molecule has 2 aliphatic heterocycles. The van der Waals surface area contributed by atoms with Gasteiger partial charge in [0.25, 0.3) is 5.91 Å². The van der Waals surface area contributed by atoms with E-state index in [9.17, 15) is 13.2 Å². The maximum absolute atomic E-state index is 13.0. The molecule has 1 amide bonds. The first-order valence-corrected chi connectivity index (χ1v) is 11.0. The fraction of sp³-hybridized carbons (Fsp3) is 0.381. The molecule has 0 N–H and O–H groups in total. The van der Waals surface area contributed by atoms with Crippen molar-refractivity contribution in [2.24, 2.45) is 0 Å². The lowest BCUT2D eigenvalue weighted by molar-refractivity contribution is -0.142. The minimum atomic E-state index is -3.58. The van der Waals surface area contributed by atoms with E-state index in [0.717, 1.165) is 11.1 Å². The summed E-state index contributed by atoms with van der Waals surface area (Å²) in [5.74, 6) is 0.997.